The minimum absolute atomic E-state index is 0.00439. The Morgan fingerprint density at radius 1 is 1.12 bits per heavy atom. The van der Waals surface area contributed by atoms with Gasteiger partial charge < -0.3 is 10.8 Å². The number of amides is 2. The third-order valence-corrected chi connectivity index (χ3v) is 4.83. The second kappa shape index (κ2) is 5.55. The molecule has 0 radical (unpaired) electrons. The van der Waals surface area contributed by atoms with Crippen LogP contribution >= 0.6 is 0 Å². The number of anilines is 1. The Morgan fingerprint density at radius 2 is 1.79 bits per heavy atom. The van der Waals surface area contributed by atoms with Crippen molar-refractivity contribution in [2.24, 2.45) is 0 Å². The van der Waals surface area contributed by atoms with Gasteiger partial charge in [-0.1, -0.05) is 12.1 Å². The largest absolute Gasteiger partial charge is 0.397 e. The maximum atomic E-state index is 12.6. The van der Waals surface area contributed by atoms with E-state index in [1.54, 1.807) is 0 Å². The third kappa shape index (κ3) is 2.33. The molecule has 1 heterocycles. The van der Waals surface area contributed by atoms with Gasteiger partial charge in [0.05, 0.1) is 11.3 Å². The van der Waals surface area contributed by atoms with E-state index in [-0.39, 0.29) is 47.2 Å². The molecule has 0 aliphatic carbocycles. The maximum absolute atomic E-state index is 12.6. The Labute approximate surface area is 137 Å². The van der Waals surface area contributed by atoms with Crippen LogP contribution in [0.1, 0.15) is 27.1 Å². The number of nitrogens with two attached hydrogens (primary N) is 1. The van der Waals surface area contributed by atoms with Crippen molar-refractivity contribution in [3.05, 3.63) is 35.4 Å². The number of aliphatic hydroxyl groups excluding tert-OH is 1. The molecule has 0 unspecified atom stereocenters. The van der Waals surface area contributed by atoms with E-state index in [0.717, 1.165) is 11.0 Å². The molecule has 24 heavy (non-hydrogen) atoms. The average Bonchev–Trinajstić information content (AvgIpc) is 2.52. The molecule has 9 heteroatoms. The van der Waals surface area contributed by atoms with Crippen molar-refractivity contribution in [3.63, 3.8) is 0 Å². The van der Waals surface area contributed by atoms with E-state index in [4.69, 9.17) is 10.8 Å². The summed E-state index contributed by atoms with van der Waals surface area (Å²) in [5.41, 5.74) is 5.79. The smallest absolute Gasteiger partial charge is 0.296 e. The van der Waals surface area contributed by atoms with Gasteiger partial charge in [0.2, 0.25) is 0 Å². The number of benzene rings is 2. The molecule has 4 N–H and O–H groups in total. The summed E-state index contributed by atoms with van der Waals surface area (Å²) in [6, 6.07) is 5.50. The van der Waals surface area contributed by atoms with Gasteiger partial charge in [0.1, 0.15) is 4.90 Å². The van der Waals surface area contributed by atoms with Crippen molar-refractivity contribution in [2.75, 3.05) is 18.9 Å². The van der Waals surface area contributed by atoms with Gasteiger partial charge in [-0.3, -0.25) is 19.0 Å². The van der Waals surface area contributed by atoms with Crippen LogP contribution in [0, 0.1) is 0 Å². The Bertz CT molecular complexity index is 983. The fraction of sp³-hybridized carbons (Fsp3) is 0.200. The van der Waals surface area contributed by atoms with Crippen LogP contribution in [0.3, 0.4) is 0 Å². The summed E-state index contributed by atoms with van der Waals surface area (Å²) in [4.78, 5) is 25.5. The molecular weight excluding hydrogens is 336 g/mol. The molecule has 1 aliphatic heterocycles. The molecule has 2 aromatic carbocycles. The molecule has 8 nitrogen and oxygen atoms in total. The zero-order valence-corrected chi connectivity index (χ0v) is 13.2. The van der Waals surface area contributed by atoms with E-state index >= 15 is 0 Å². The zero-order chi connectivity index (χ0) is 17.6. The zero-order valence-electron chi connectivity index (χ0n) is 12.4. The van der Waals surface area contributed by atoms with Crippen molar-refractivity contribution in [3.8, 4) is 0 Å². The SMILES string of the molecule is Nc1c(S(=O)(=O)O)cc2c3c(cccc13)C(=O)N(CCCO)C2=O. The van der Waals surface area contributed by atoms with Gasteiger partial charge in [-0.2, -0.15) is 8.42 Å². The first-order chi connectivity index (χ1) is 11.3. The number of nitrogens with zero attached hydrogens (tertiary/aromatic N) is 1. The molecule has 0 saturated heterocycles. The second-order valence-corrected chi connectivity index (χ2v) is 6.77. The first-order valence-electron chi connectivity index (χ1n) is 7.07. The predicted octanol–water partition coefficient (Wildman–Crippen LogP) is 0.647. The fourth-order valence-electron chi connectivity index (χ4n) is 2.86. The van der Waals surface area contributed by atoms with E-state index in [1.165, 1.54) is 18.2 Å². The molecule has 0 saturated carbocycles. The van der Waals surface area contributed by atoms with Crippen LogP contribution in [-0.4, -0.2) is 47.9 Å². The number of rotatable bonds is 4. The minimum Gasteiger partial charge on any atom is -0.397 e. The standard InChI is InChI=1S/C15H14N2O6S/c16-13-8-3-1-4-9-12(8)10(7-11(13)24(21,22)23)15(20)17(14(9)19)5-2-6-18/h1,3-4,7,18H,2,5-6,16H2,(H,21,22,23). The summed E-state index contributed by atoms with van der Waals surface area (Å²) in [6.45, 7) is -0.207. The van der Waals surface area contributed by atoms with Crippen molar-refractivity contribution in [1.29, 1.82) is 0 Å². The van der Waals surface area contributed by atoms with Gasteiger partial charge in [-0.25, -0.2) is 0 Å². The van der Waals surface area contributed by atoms with Gasteiger partial charge in [0, 0.05) is 29.5 Å². The first kappa shape index (κ1) is 16.4. The normalized spacial score (nSPS) is 14.5. The van der Waals surface area contributed by atoms with Gasteiger partial charge in [-0.15, -0.1) is 0 Å². The Kier molecular flexibility index (Phi) is 3.78. The van der Waals surface area contributed by atoms with Crippen LogP contribution in [0.4, 0.5) is 5.69 Å². The summed E-state index contributed by atoms with van der Waals surface area (Å²) >= 11 is 0. The van der Waals surface area contributed by atoms with Gasteiger partial charge in [-0.05, 0) is 18.6 Å². The fourth-order valence-corrected chi connectivity index (χ4v) is 3.51. The molecular formula is C15H14N2O6S. The molecule has 0 aromatic heterocycles. The van der Waals surface area contributed by atoms with Crippen LogP contribution < -0.4 is 5.73 Å². The number of nitrogen functional groups attached to an aromatic ring is 1. The van der Waals surface area contributed by atoms with Gasteiger partial charge in [0.25, 0.3) is 21.9 Å². The molecule has 1 aliphatic rings. The lowest BCUT2D eigenvalue weighted by Gasteiger charge is -2.27. The molecule has 126 valence electrons. The molecule has 3 rings (SSSR count). The van der Waals surface area contributed by atoms with Crippen LogP contribution in [0.25, 0.3) is 10.8 Å². The summed E-state index contributed by atoms with van der Waals surface area (Å²) in [5, 5.41) is 9.40. The highest BCUT2D eigenvalue weighted by Gasteiger charge is 2.34. The van der Waals surface area contributed by atoms with E-state index < -0.39 is 26.8 Å². The van der Waals surface area contributed by atoms with Crippen molar-refractivity contribution in [1.82, 2.24) is 4.90 Å². The summed E-state index contributed by atoms with van der Waals surface area (Å²) < 4.78 is 32.4. The van der Waals surface area contributed by atoms with Crippen molar-refractivity contribution >= 4 is 38.4 Å². The maximum Gasteiger partial charge on any atom is 0.296 e. The quantitative estimate of drug-likeness (QED) is 0.418. The number of hydrogen-bond acceptors (Lipinski definition) is 6. The number of carbonyl (C=O) groups excluding carboxylic acids is 2. The molecule has 0 bridgehead atoms. The van der Waals surface area contributed by atoms with Crippen molar-refractivity contribution in [2.45, 2.75) is 11.3 Å². The van der Waals surface area contributed by atoms with E-state index in [9.17, 15) is 22.6 Å². The lowest BCUT2D eigenvalue weighted by atomic mass is 9.93. The predicted molar refractivity (Wildman–Crippen MR) is 85.2 cm³/mol. The van der Waals surface area contributed by atoms with Crippen LogP contribution in [0.15, 0.2) is 29.2 Å². The molecule has 2 amide bonds. The second-order valence-electron chi connectivity index (χ2n) is 5.38. The van der Waals surface area contributed by atoms with E-state index in [2.05, 4.69) is 0 Å². The lowest BCUT2D eigenvalue weighted by Crippen LogP contribution is -2.41. The molecule has 0 fully saturated rings. The minimum atomic E-state index is -4.64. The highest BCUT2D eigenvalue weighted by Crippen LogP contribution is 2.37. The summed E-state index contributed by atoms with van der Waals surface area (Å²) in [6.07, 6.45) is 0.197. The number of aliphatic hydroxyl groups is 1. The Hall–Kier alpha value is -2.49. The highest BCUT2D eigenvalue weighted by molar-refractivity contribution is 7.86. The van der Waals surface area contributed by atoms with Crippen LogP contribution in [0.5, 0.6) is 0 Å². The topological polar surface area (TPSA) is 138 Å². The molecule has 2 aromatic rings. The van der Waals surface area contributed by atoms with Gasteiger partial charge >= 0.3 is 0 Å². The third-order valence-electron chi connectivity index (χ3n) is 3.93. The summed E-state index contributed by atoms with van der Waals surface area (Å²) in [5.74, 6) is -1.23. The first-order valence-corrected chi connectivity index (χ1v) is 8.51. The summed E-state index contributed by atoms with van der Waals surface area (Å²) in [7, 11) is -4.64. The highest BCUT2D eigenvalue weighted by atomic mass is 32.2. The van der Waals surface area contributed by atoms with E-state index in [0.29, 0.717) is 0 Å². The Morgan fingerprint density at radius 3 is 2.42 bits per heavy atom. The van der Waals surface area contributed by atoms with E-state index in [1.807, 2.05) is 0 Å². The van der Waals surface area contributed by atoms with Crippen molar-refractivity contribution < 1.29 is 27.7 Å². The monoisotopic (exact) mass is 350 g/mol. The average molecular weight is 350 g/mol. The number of carbonyl (C=O) groups is 2. The van der Waals surface area contributed by atoms with Crippen LogP contribution in [0.2, 0.25) is 0 Å². The number of imide groups is 1. The Balaban J connectivity index is 2.36. The molecule has 0 atom stereocenters. The van der Waals surface area contributed by atoms with Crippen LogP contribution in [-0.2, 0) is 10.1 Å². The number of hydrogen-bond donors (Lipinski definition) is 3. The molecule has 0 spiro atoms. The lowest BCUT2D eigenvalue weighted by molar-refractivity contribution is 0.0601. The van der Waals surface area contributed by atoms with Gasteiger partial charge in [0.15, 0.2) is 0 Å².